The summed E-state index contributed by atoms with van der Waals surface area (Å²) < 4.78 is 35.3. The summed E-state index contributed by atoms with van der Waals surface area (Å²) in [6.45, 7) is 5.01. The third-order valence-electron chi connectivity index (χ3n) is 4.63. The maximum Gasteiger partial charge on any atom is 0.241 e. The number of sulfonamides is 1. The van der Waals surface area contributed by atoms with E-state index in [-0.39, 0.29) is 10.8 Å². The zero-order chi connectivity index (χ0) is 21.9. The van der Waals surface area contributed by atoms with Crippen molar-refractivity contribution in [2.24, 2.45) is 0 Å². The van der Waals surface area contributed by atoms with Crippen LogP contribution in [0, 0.1) is 6.92 Å². The second kappa shape index (κ2) is 8.68. The quantitative estimate of drug-likeness (QED) is 0.602. The standard InChI is InChI=1S/C21H24N4O4S/c1-14(24-30(27,28)20-7-5-6-17(12-20)23-16(3)26)21-13-22-25(15(21)2)18-8-10-19(29-4)11-9-18/h5-14,24H,1-4H3,(H,23,26)/t14-/m1/s1. The molecule has 30 heavy (non-hydrogen) atoms. The Kier molecular flexibility index (Phi) is 6.23. The Balaban J connectivity index is 1.82. The van der Waals surface area contributed by atoms with Crippen LogP contribution >= 0.6 is 0 Å². The molecule has 0 saturated heterocycles. The first-order valence-electron chi connectivity index (χ1n) is 9.30. The van der Waals surface area contributed by atoms with E-state index in [0.29, 0.717) is 5.69 Å². The van der Waals surface area contributed by atoms with Gasteiger partial charge in [-0.25, -0.2) is 17.8 Å². The molecule has 1 atom stereocenters. The Hall–Kier alpha value is -3.17. The Morgan fingerprint density at radius 1 is 1.17 bits per heavy atom. The highest BCUT2D eigenvalue weighted by atomic mass is 32.2. The minimum absolute atomic E-state index is 0.0702. The van der Waals surface area contributed by atoms with Gasteiger partial charge in [-0.05, 0) is 56.3 Å². The SMILES string of the molecule is COc1ccc(-n2ncc([C@@H](C)NS(=O)(=O)c3cccc(NC(C)=O)c3)c2C)cc1. The van der Waals surface area contributed by atoms with Gasteiger partial charge in [0, 0.05) is 29.9 Å². The summed E-state index contributed by atoms with van der Waals surface area (Å²) in [4.78, 5) is 11.3. The lowest BCUT2D eigenvalue weighted by Gasteiger charge is -2.15. The van der Waals surface area contributed by atoms with Crippen molar-refractivity contribution in [1.29, 1.82) is 0 Å². The molecular weight excluding hydrogens is 404 g/mol. The number of ether oxygens (including phenoxy) is 1. The van der Waals surface area contributed by atoms with Gasteiger partial charge in [0.05, 0.1) is 23.9 Å². The molecule has 9 heteroatoms. The monoisotopic (exact) mass is 428 g/mol. The van der Waals surface area contributed by atoms with E-state index < -0.39 is 16.1 Å². The maximum atomic E-state index is 12.8. The molecule has 1 aromatic heterocycles. The number of amides is 1. The van der Waals surface area contributed by atoms with Crippen LogP contribution in [0.3, 0.4) is 0 Å². The normalized spacial score (nSPS) is 12.4. The summed E-state index contributed by atoms with van der Waals surface area (Å²) >= 11 is 0. The van der Waals surface area contributed by atoms with Crippen LogP contribution in [0.1, 0.15) is 31.1 Å². The minimum Gasteiger partial charge on any atom is -0.497 e. The van der Waals surface area contributed by atoms with E-state index in [1.165, 1.54) is 19.1 Å². The van der Waals surface area contributed by atoms with Gasteiger partial charge in [0.15, 0.2) is 0 Å². The third-order valence-corrected chi connectivity index (χ3v) is 6.17. The molecule has 1 heterocycles. The van der Waals surface area contributed by atoms with E-state index in [1.807, 2.05) is 31.2 Å². The van der Waals surface area contributed by atoms with Gasteiger partial charge >= 0.3 is 0 Å². The molecule has 2 N–H and O–H groups in total. The Bertz CT molecular complexity index is 1150. The first kappa shape index (κ1) is 21.5. The van der Waals surface area contributed by atoms with E-state index in [9.17, 15) is 13.2 Å². The molecular formula is C21H24N4O4S. The highest BCUT2D eigenvalue weighted by Crippen LogP contribution is 2.24. The van der Waals surface area contributed by atoms with Crippen molar-refractivity contribution in [3.8, 4) is 11.4 Å². The van der Waals surface area contributed by atoms with Crippen molar-refractivity contribution >= 4 is 21.6 Å². The van der Waals surface area contributed by atoms with Crippen LogP contribution in [0.25, 0.3) is 5.69 Å². The molecule has 0 saturated carbocycles. The first-order chi connectivity index (χ1) is 14.2. The van der Waals surface area contributed by atoms with Crippen LogP contribution in [0.15, 0.2) is 59.6 Å². The number of hydrogen-bond acceptors (Lipinski definition) is 5. The molecule has 0 spiro atoms. The van der Waals surface area contributed by atoms with Gasteiger partial charge in [-0.1, -0.05) is 6.07 Å². The van der Waals surface area contributed by atoms with Crippen LogP contribution in [-0.2, 0) is 14.8 Å². The molecule has 0 fully saturated rings. The van der Waals surface area contributed by atoms with Gasteiger partial charge in [0.25, 0.3) is 0 Å². The molecule has 0 unspecified atom stereocenters. The van der Waals surface area contributed by atoms with Crippen LogP contribution in [0.4, 0.5) is 5.69 Å². The van der Waals surface area contributed by atoms with E-state index in [0.717, 1.165) is 22.7 Å². The molecule has 158 valence electrons. The van der Waals surface area contributed by atoms with Crippen molar-refractivity contribution in [3.05, 3.63) is 66.0 Å². The van der Waals surface area contributed by atoms with Gasteiger partial charge in [0.2, 0.25) is 15.9 Å². The van der Waals surface area contributed by atoms with Crippen molar-refractivity contribution in [1.82, 2.24) is 14.5 Å². The molecule has 0 aliphatic heterocycles. The summed E-state index contributed by atoms with van der Waals surface area (Å²) in [6.07, 6.45) is 1.65. The average Bonchev–Trinajstić information content (AvgIpc) is 3.09. The number of hydrogen-bond donors (Lipinski definition) is 2. The van der Waals surface area contributed by atoms with Crippen molar-refractivity contribution in [2.45, 2.75) is 31.7 Å². The number of rotatable bonds is 7. The molecule has 1 amide bonds. The van der Waals surface area contributed by atoms with Crippen LogP contribution in [0.5, 0.6) is 5.75 Å². The molecule has 0 radical (unpaired) electrons. The van der Waals surface area contributed by atoms with Gasteiger partial charge in [0.1, 0.15) is 5.75 Å². The molecule has 3 aromatic rings. The van der Waals surface area contributed by atoms with E-state index in [1.54, 1.807) is 37.0 Å². The van der Waals surface area contributed by atoms with Crippen molar-refractivity contribution < 1.29 is 17.9 Å². The van der Waals surface area contributed by atoms with Crippen LogP contribution in [0.2, 0.25) is 0 Å². The van der Waals surface area contributed by atoms with Gasteiger partial charge in [-0.15, -0.1) is 0 Å². The van der Waals surface area contributed by atoms with E-state index in [4.69, 9.17) is 4.74 Å². The summed E-state index contributed by atoms with van der Waals surface area (Å²) in [7, 11) is -2.20. The highest BCUT2D eigenvalue weighted by molar-refractivity contribution is 7.89. The topological polar surface area (TPSA) is 102 Å². The molecule has 8 nitrogen and oxygen atoms in total. The molecule has 0 bridgehead atoms. The zero-order valence-corrected chi connectivity index (χ0v) is 18.0. The van der Waals surface area contributed by atoms with Gasteiger partial charge < -0.3 is 10.1 Å². The lowest BCUT2D eigenvalue weighted by atomic mass is 10.1. The fourth-order valence-electron chi connectivity index (χ4n) is 3.14. The third kappa shape index (κ3) is 4.69. The number of anilines is 1. The maximum absolute atomic E-state index is 12.8. The fraction of sp³-hybridized carbons (Fsp3) is 0.238. The number of carbonyl (C=O) groups is 1. The average molecular weight is 429 g/mol. The highest BCUT2D eigenvalue weighted by Gasteiger charge is 2.22. The number of aromatic nitrogens is 2. The van der Waals surface area contributed by atoms with Crippen LogP contribution in [-0.4, -0.2) is 31.2 Å². The predicted octanol–water partition coefficient (Wildman–Crippen LogP) is 3.19. The number of carbonyl (C=O) groups excluding carboxylic acids is 1. The smallest absolute Gasteiger partial charge is 0.241 e. The lowest BCUT2D eigenvalue weighted by Crippen LogP contribution is -2.27. The number of nitrogens with zero attached hydrogens (tertiary/aromatic N) is 2. The lowest BCUT2D eigenvalue weighted by molar-refractivity contribution is -0.114. The zero-order valence-electron chi connectivity index (χ0n) is 17.2. The van der Waals surface area contributed by atoms with Gasteiger partial charge in [-0.2, -0.15) is 5.10 Å². The van der Waals surface area contributed by atoms with Crippen molar-refractivity contribution in [3.63, 3.8) is 0 Å². The molecule has 0 aliphatic carbocycles. The number of benzene rings is 2. The summed E-state index contributed by atoms with van der Waals surface area (Å²) in [5.41, 5.74) is 2.84. The Morgan fingerprint density at radius 2 is 1.87 bits per heavy atom. The van der Waals surface area contributed by atoms with E-state index in [2.05, 4.69) is 15.1 Å². The van der Waals surface area contributed by atoms with Crippen molar-refractivity contribution in [2.75, 3.05) is 12.4 Å². The Labute approximate surface area is 175 Å². The molecule has 0 aliphatic rings. The predicted molar refractivity (Wildman–Crippen MR) is 114 cm³/mol. The second-order valence-corrected chi connectivity index (χ2v) is 8.56. The number of nitrogens with one attached hydrogen (secondary N) is 2. The fourth-order valence-corrected chi connectivity index (χ4v) is 4.41. The van der Waals surface area contributed by atoms with Gasteiger partial charge in [-0.3, -0.25) is 4.79 Å². The summed E-state index contributed by atoms with van der Waals surface area (Å²) in [5.74, 6) is 0.471. The summed E-state index contributed by atoms with van der Waals surface area (Å²) in [5, 5.41) is 6.99. The molecule has 2 aromatic carbocycles. The Morgan fingerprint density at radius 3 is 2.50 bits per heavy atom. The first-order valence-corrected chi connectivity index (χ1v) is 10.8. The summed E-state index contributed by atoms with van der Waals surface area (Å²) in [6, 6.07) is 13.0. The van der Waals surface area contributed by atoms with Crippen LogP contribution < -0.4 is 14.8 Å². The van der Waals surface area contributed by atoms with E-state index >= 15 is 0 Å². The largest absolute Gasteiger partial charge is 0.497 e. The molecule has 3 rings (SSSR count). The number of methoxy groups -OCH3 is 1. The second-order valence-electron chi connectivity index (χ2n) is 6.85. The minimum atomic E-state index is -3.80.